The Hall–Kier alpha value is -2.33. The topological polar surface area (TPSA) is 44.4 Å². The van der Waals surface area contributed by atoms with E-state index in [1.54, 1.807) is 12.1 Å². The van der Waals surface area contributed by atoms with Crippen molar-refractivity contribution in [2.24, 2.45) is 0 Å². The van der Waals surface area contributed by atoms with Gasteiger partial charge in [-0.25, -0.2) is 5.43 Å². The Morgan fingerprint density at radius 3 is 2.25 bits per heavy atom. The lowest BCUT2D eigenvalue weighted by atomic mass is 10.2. The first-order chi connectivity index (χ1) is 9.66. The largest absolute Gasteiger partial charge is 0.378 e. The van der Waals surface area contributed by atoms with Crippen LogP contribution in [0.3, 0.4) is 0 Å². The van der Waals surface area contributed by atoms with Gasteiger partial charge in [0.25, 0.3) is 5.91 Å². The Morgan fingerprint density at radius 1 is 1.00 bits per heavy atom. The first-order valence-electron chi connectivity index (χ1n) is 6.51. The zero-order chi connectivity index (χ0) is 14.4. The molecule has 4 nitrogen and oxygen atoms in total. The third kappa shape index (κ3) is 3.83. The van der Waals surface area contributed by atoms with Crippen molar-refractivity contribution in [2.75, 3.05) is 19.0 Å². The molecule has 0 saturated carbocycles. The molecule has 2 rings (SSSR count). The molecule has 104 valence electrons. The summed E-state index contributed by atoms with van der Waals surface area (Å²) in [7, 11) is 4.01. The van der Waals surface area contributed by atoms with Gasteiger partial charge in [-0.2, -0.15) is 0 Å². The van der Waals surface area contributed by atoms with Crippen molar-refractivity contribution in [2.45, 2.75) is 6.54 Å². The molecule has 0 aliphatic rings. The summed E-state index contributed by atoms with van der Waals surface area (Å²) in [5.41, 5.74) is 8.53. The van der Waals surface area contributed by atoms with Gasteiger partial charge in [-0.15, -0.1) is 0 Å². The van der Waals surface area contributed by atoms with E-state index in [1.807, 2.05) is 49.3 Å². The molecule has 0 aliphatic heterocycles. The molecule has 0 radical (unpaired) electrons. The monoisotopic (exact) mass is 269 g/mol. The Balaban J connectivity index is 1.82. The highest BCUT2D eigenvalue weighted by Gasteiger charge is 2.03. The summed E-state index contributed by atoms with van der Waals surface area (Å²) >= 11 is 0. The highest BCUT2D eigenvalue weighted by Crippen LogP contribution is 2.11. The lowest BCUT2D eigenvalue weighted by Gasteiger charge is -2.13. The van der Waals surface area contributed by atoms with Gasteiger partial charge in [0.1, 0.15) is 0 Å². The lowest BCUT2D eigenvalue weighted by molar-refractivity contribution is 0.0932. The number of anilines is 1. The van der Waals surface area contributed by atoms with E-state index in [1.165, 1.54) is 0 Å². The standard InChI is InChI=1S/C16H19N3O/c1-19(2)15-10-8-13(9-11-15)12-17-18-16(20)14-6-4-3-5-7-14/h3-11,17H,12H2,1-2H3,(H,18,20). The zero-order valence-corrected chi connectivity index (χ0v) is 11.8. The van der Waals surface area contributed by atoms with Crippen LogP contribution in [0.1, 0.15) is 15.9 Å². The fourth-order valence-electron chi connectivity index (χ4n) is 1.80. The van der Waals surface area contributed by atoms with Crippen LogP contribution < -0.4 is 15.8 Å². The van der Waals surface area contributed by atoms with E-state index in [0.717, 1.165) is 11.3 Å². The second-order valence-electron chi connectivity index (χ2n) is 4.73. The molecule has 0 saturated heterocycles. The molecule has 2 aromatic rings. The van der Waals surface area contributed by atoms with E-state index >= 15 is 0 Å². The number of carbonyl (C=O) groups is 1. The SMILES string of the molecule is CN(C)c1ccc(CNNC(=O)c2ccccc2)cc1. The maximum absolute atomic E-state index is 11.8. The summed E-state index contributed by atoms with van der Waals surface area (Å²) in [6.45, 7) is 0.590. The van der Waals surface area contributed by atoms with Crippen LogP contribution in [0.4, 0.5) is 5.69 Å². The number of amides is 1. The number of nitrogens with one attached hydrogen (secondary N) is 2. The third-order valence-corrected chi connectivity index (χ3v) is 2.98. The van der Waals surface area contributed by atoms with E-state index < -0.39 is 0 Å². The van der Waals surface area contributed by atoms with Gasteiger partial charge >= 0.3 is 0 Å². The molecule has 0 spiro atoms. The van der Waals surface area contributed by atoms with Crippen molar-refractivity contribution in [3.8, 4) is 0 Å². The molecule has 1 amide bonds. The molecule has 0 aromatic heterocycles. The fourth-order valence-corrected chi connectivity index (χ4v) is 1.80. The summed E-state index contributed by atoms with van der Waals surface area (Å²) < 4.78 is 0. The highest BCUT2D eigenvalue weighted by molar-refractivity contribution is 5.93. The zero-order valence-electron chi connectivity index (χ0n) is 11.8. The van der Waals surface area contributed by atoms with Gasteiger partial charge in [0.2, 0.25) is 0 Å². The number of hydrogen-bond donors (Lipinski definition) is 2. The Morgan fingerprint density at radius 2 is 1.65 bits per heavy atom. The van der Waals surface area contributed by atoms with Gasteiger partial charge in [0.05, 0.1) is 0 Å². The Kier molecular flexibility index (Phi) is 4.74. The normalized spacial score (nSPS) is 10.1. The first-order valence-corrected chi connectivity index (χ1v) is 6.51. The average Bonchev–Trinajstić information content (AvgIpc) is 2.48. The average molecular weight is 269 g/mol. The summed E-state index contributed by atoms with van der Waals surface area (Å²) in [6, 6.07) is 17.3. The Bertz CT molecular complexity index is 550. The van der Waals surface area contributed by atoms with Gasteiger partial charge < -0.3 is 4.90 Å². The number of hydrazine groups is 1. The third-order valence-electron chi connectivity index (χ3n) is 2.98. The molecule has 20 heavy (non-hydrogen) atoms. The van der Waals surface area contributed by atoms with Crippen molar-refractivity contribution < 1.29 is 4.79 Å². The molecule has 0 unspecified atom stereocenters. The quantitative estimate of drug-likeness (QED) is 0.818. The molecular weight excluding hydrogens is 250 g/mol. The molecular formula is C16H19N3O. The van der Waals surface area contributed by atoms with Crippen LogP contribution in [0.5, 0.6) is 0 Å². The molecule has 2 N–H and O–H groups in total. The van der Waals surface area contributed by atoms with Crippen molar-refractivity contribution in [3.63, 3.8) is 0 Å². The molecule has 0 aliphatic carbocycles. The van der Waals surface area contributed by atoms with Crippen LogP contribution in [0.25, 0.3) is 0 Å². The number of carbonyl (C=O) groups excluding carboxylic acids is 1. The minimum absolute atomic E-state index is 0.129. The second kappa shape index (κ2) is 6.73. The molecule has 0 heterocycles. The minimum atomic E-state index is -0.129. The van der Waals surface area contributed by atoms with E-state index in [0.29, 0.717) is 12.1 Å². The van der Waals surface area contributed by atoms with Crippen molar-refractivity contribution in [3.05, 3.63) is 65.7 Å². The fraction of sp³-hybridized carbons (Fsp3) is 0.188. The minimum Gasteiger partial charge on any atom is -0.378 e. The summed E-state index contributed by atoms with van der Waals surface area (Å²) in [5, 5.41) is 0. The maximum Gasteiger partial charge on any atom is 0.265 e. The van der Waals surface area contributed by atoms with Crippen LogP contribution in [-0.2, 0) is 6.54 Å². The molecule has 0 fully saturated rings. The Labute approximate surface area is 119 Å². The summed E-state index contributed by atoms with van der Waals surface area (Å²) in [4.78, 5) is 13.8. The lowest BCUT2D eigenvalue weighted by Crippen LogP contribution is -2.36. The van der Waals surface area contributed by atoms with E-state index in [2.05, 4.69) is 23.0 Å². The smallest absolute Gasteiger partial charge is 0.265 e. The van der Waals surface area contributed by atoms with Gasteiger partial charge in [-0.3, -0.25) is 10.2 Å². The van der Waals surface area contributed by atoms with Crippen molar-refractivity contribution in [1.29, 1.82) is 0 Å². The summed E-state index contributed by atoms with van der Waals surface area (Å²) in [5.74, 6) is -0.129. The number of rotatable bonds is 5. The van der Waals surface area contributed by atoms with Gasteiger partial charge in [-0.1, -0.05) is 30.3 Å². The van der Waals surface area contributed by atoms with Crippen LogP contribution in [0.2, 0.25) is 0 Å². The maximum atomic E-state index is 11.8. The van der Waals surface area contributed by atoms with Crippen LogP contribution in [-0.4, -0.2) is 20.0 Å². The van der Waals surface area contributed by atoms with Gasteiger partial charge in [0.15, 0.2) is 0 Å². The number of hydrogen-bond acceptors (Lipinski definition) is 3. The number of benzene rings is 2. The number of nitrogens with zero attached hydrogens (tertiary/aromatic N) is 1. The highest BCUT2D eigenvalue weighted by atomic mass is 16.2. The van der Waals surface area contributed by atoms with E-state index in [-0.39, 0.29) is 5.91 Å². The predicted octanol–water partition coefficient (Wildman–Crippen LogP) is 2.19. The summed E-state index contributed by atoms with van der Waals surface area (Å²) in [6.07, 6.45) is 0. The molecule has 4 heteroatoms. The van der Waals surface area contributed by atoms with Gasteiger partial charge in [-0.05, 0) is 29.8 Å². The van der Waals surface area contributed by atoms with Gasteiger partial charge in [0, 0.05) is 31.9 Å². The predicted molar refractivity (Wildman–Crippen MR) is 81.5 cm³/mol. The molecule has 0 atom stereocenters. The van der Waals surface area contributed by atoms with Crippen LogP contribution in [0, 0.1) is 0 Å². The molecule has 2 aromatic carbocycles. The molecule has 0 bridgehead atoms. The van der Waals surface area contributed by atoms with E-state index in [4.69, 9.17) is 0 Å². The van der Waals surface area contributed by atoms with Crippen molar-refractivity contribution in [1.82, 2.24) is 10.9 Å². The van der Waals surface area contributed by atoms with E-state index in [9.17, 15) is 4.79 Å². The van der Waals surface area contributed by atoms with Crippen molar-refractivity contribution >= 4 is 11.6 Å². The van der Waals surface area contributed by atoms with Crippen LogP contribution >= 0.6 is 0 Å². The second-order valence-corrected chi connectivity index (χ2v) is 4.73. The van der Waals surface area contributed by atoms with Crippen LogP contribution in [0.15, 0.2) is 54.6 Å². The first kappa shape index (κ1) is 14.1.